The van der Waals surface area contributed by atoms with Crippen molar-refractivity contribution in [3.63, 3.8) is 0 Å². The van der Waals surface area contributed by atoms with Crippen molar-refractivity contribution < 1.29 is 19.2 Å². The van der Waals surface area contributed by atoms with Gasteiger partial charge in [-0.1, -0.05) is 32.0 Å². The number of anilines is 1. The van der Waals surface area contributed by atoms with Crippen molar-refractivity contribution in [1.29, 1.82) is 0 Å². The van der Waals surface area contributed by atoms with Crippen molar-refractivity contribution in [3.05, 3.63) is 30.3 Å². The molecule has 1 N–H and O–H groups in total. The maximum absolute atomic E-state index is 6.63. The van der Waals surface area contributed by atoms with Gasteiger partial charge >= 0.3 is 0 Å². The van der Waals surface area contributed by atoms with Gasteiger partial charge < -0.3 is 14.8 Å². The van der Waals surface area contributed by atoms with E-state index in [1.807, 2.05) is 13.0 Å². The predicted octanol–water partition coefficient (Wildman–Crippen LogP) is 4.74. The Labute approximate surface area is 168 Å². The van der Waals surface area contributed by atoms with E-state index < -0.39 is 11.4 Å². The SMILES string of the molecule is C[C@H]1[C@@H](CCNc2ccccc2)O[C@@H]2O[C@]3(C)CC[C@H]4[C@H](C)CC[C@@H]1C24OO3. The quantitative estimate of drug-likeness (QED) is 0.756. The molecule has 1 aromatic carbocycles. The number of benzene rings is 1. The molecule has 0 amide bonds. The molecule has 5 fully saturated rings. The fraction of sp³-hybridized carbons (Fsp3) is 0.739. The Kier molecular flexibility index (Phi) is 4.70. The third kappa shape index (κ3) is 2.90. The van der Waals surface area contributed by atoms with E-state index in [-0.39, 0.29) is 12.4 Å². The monoisotopic (exact) mass is 387 g/mol. The van der Waals surface area contributed by atoms with Crippen LogP contribution in [0.2, 0.25) is 0 Å². The number of fused-ring (bicyclic) bond motifs is 2. The lowest BCUT2D eigenvalue weighted by molar-refractivity contribution is -0.571. The van der Waals surface area contributed by atoms with Crippen LogP contribution in [0.4, 0.5) is 5.69 Å². The highest BCUT2D eigenvalue weighted by molar-refractivity contribution is 5.42. The van der Waals surface area contributed by atoms with Crippen molar-refractivity contribution in [2.45, 2.75) is 76.7 Å². The molecule has 1 unspecified atom stereocenters. The third-order valence-electron chi connectivity index (χ3n) is 7.83. The van der Waals surface area contributed by atoms with E-state index in [1.54, 1.807) is 0 Å². The molecule has 0 radical (unpaired) electrons. The van der Waals surface area contributed by atoms with Crippen molar-refractivity contribution in [2.24, 2.45) is 23.7 Å². The number of para-hydroxylation sites is 1. The first kappa shape index (κ1) is 18.9. The van der Waals surface area contributed by atoms with Crippen LogP contribution in [0.25, 0.3) is 0 Å². The second kappa shape index (κ2) is 6.98. The minimum Gasteiger partial charge on any atom is -0.385 e. The van der Waals surface area contributed by atoms with Crippen molar-refractivity contribution >= 4 is 5.69 Å². The zero-order valence-corrected chi connectivity index (χ0v) is 17.2. The number of ether oxygens (including phenoxy) is 2. The fourth-order valence-corrected chi connectivity index (χ4v) is 6.22. The van der Waals surface area contributed by atoms with Gasteiger partial charge in [-0.25, -0.2) is 9.78 Å². The molecular weight excluding hydrogens is 354 g/mol. The highest BCUT2D eigenvalue weighted by Crippen LogP contribution is 2.60. The molecular formula is C23H33NO4. The van der Waals surface area contributed by atoms with Crippen molar-refractivity contribution in [2.75, 3.05) is 11.9 Å². The van der Waals surface area contributed by atoms with Crippen LogP contribution in [-0.4, -0.2) is 30.3 Å². The summed E-state index contributed by atoms with van der Waals surface area (Å²) in [7, 11) is 0. The molecule has 2 bridgehead atoms. The molecule has 1 spiro atoms. The fourth-order valence-electron chi connectivity index (χ4n) is 6.22. The van der Waals surface area contributed by atoms with Gasteiger partial charge in [0.05, 0.1) is 6.10 Å². The Morgan fingerprint density at radius 3 is 2.68 bits per heavy atom. The van der Waals surface area contributed by atoms with Gasteiger partial charge in [0.15, 0.2) is 11.9 Å². The zero-order valence-electron chi connectivity index (χ0n) is 17.2. The number of rotatable bonds is 4. The van der Waals surface area contributed by atoms with Crippen molar-refractivity contribution in [1.82, 2.24) is 0 Å². The van der Waals surface area contributed by atoms with Crippen LogP contribution in [-0.2, 0) is 19.2 Å². The summed E-state index contributed by atoms with van der Waals surface area (Å²) in [4.78, 5) is 12.1. The third-order valence-corrected chi connectivity index (χ3v) is 7.83. The molecule has 4 heterocycles. The molecule has 1 saturated carbocycles. The van der Waals surface area contributed by atoms with Crippen LogP contribution < -0.4 is 5.32 Å². The lowest BCUT2D eigenvalue weighted by Gasteiger charge is -2.60. The second-order valence-corrected chi connectivity index (χ2v) is 9.53. The topological polar surface area (TPSA) is 49.0 Å². The lowest BCUT2D eigenvalue weighted by atomic mass is 9.57. The standard InChI is InChI=1S/C23H33NO4/c1-15-9-10-19-16(2)20(12-14-24-17-7-5-4-6-8-17)25-21-23(19)18(15)11-13-22(3,26-21)27-28-23/h4-8,15-16,18-21,24H,9-14H2,1-3H3/t15-,16-,18+,19+,20-,21-,22+,23?/m1/s1. The molecule has 4 saturated heterocycles. The second-order valence-electron chi connectivity index (χ2n) is 9.53. The summed E-state index contributed by atoms with van der Waals surface area (Å²) in [6.45, 7) is 7.57. The molecule has 5 aliphatic rings. The Bertz CT molecular complexity index is 699. The molecule has 28 heavy (non-hydrogen) atoms. The smallest absolute Gasteiger partial charge is 0.201 e. The van der Waals surface area contributed by atoms with Crippen LogP contribution in [0.3, 0.4) is 0 Å². The van der Waals surface area contributed by atoms with E-state index >= 15 is 0 Å². The zero-order chi connectivity index (χ0) is 19.4. The van der Waals surface area contributed by atoms with E-state index in [1.165, 1.54) is 6.42 Å². The van der Waals surface area contributed by atoms with Gasteiger partial charge in [-0.2, -0.15) is 0 Å². The first-order valence-corrected chi connectivity index (χ1v) is 11.0. The van der Waals surface area contributed by atoms with Gasteiger partial charge in [-0.3, -0.25) is 0 Å². The van der Waals surface area contributed by atoms with Gasteiger partial charge in [0.1, 0.15) is 0 Å². The largest absolute Gasteiger partial charge is 0.385 e. The highest BCUT2D eigenvalue weighted by Gasteiger charge is 2.69. The highest BCUT2D eigenvalue weighted by atomic mass is 17.3. The van der Waals surface area contributed by atoms with Gasteiger partial charge in [-0.05, 0) is 62.5 Å². The van der Waals surface area contributed by atoms with Gasteiger partial charge in [0, 0.05) is 24.6 Å². The Morgan fingerprint density at radius 1 is 1.04 bits per heavy atom. The Balaban J connectivity index is 1.36. The molecule has 154 valence electrons. The van der Waals surface area contributed by atoms with E-state index in [4.69, 9.17) is 19.2 Å². The summed E-state index contributed by atoms with van der Waals surface area (Å²) in [5.41, 5.74) is 0.708. The van der Waals surface area contributed by atoms with Crippen LogP contribution >= 0.6 is 0 Å². The van der Waals surface area contributed by atoms with Gasteiger partial charge in [-0.15, -0.1) is 0 Å². The van der Waals surface area contributed by atoms with Gasteiger partial charge in [0.2, 0.25) is 5.79 Å². The summed E-state index contributed by atoms with van der Waals surface area (Å²) in [5, 5.41) is 3.52. The number of nitrogens with one attached hydrogen (secondary N) is 1. The van der Waals surface area contributed by atoms with Crippen LogP contribution in [0, 0.1) is 23.7 Å². The maximum Gasteiger partial charge on any atom is 0.201 e. The maximum atomic E-state index is 6.63. The molecule has 6 rings (SSSR count). The first-order valence-electron chi connectivity index (χ1n) is 11.0. The normalized spacial score (nSPS) is 47.2. The van der Waals surface area contributed by atoms with Crippen molar-refractivity contribution in [3.8, 4) is 0 Å². The molecule has 4 aliphatic heterocycles. The average Bonchev–Trinajstić information content (AvgIpc) is 2.92. The summed E-state index contributed by atoms with van der Waals surface area (Å²) in [6.07, 6.45) is 5.15. The van der Waals surface area contributed by atoms with E-state index in [2.05, 4.69) is 43.4 Å². The predicted molar refractivity (Wildman–Crippen MR) is 106 cm³/mol. The average molecular weight is 388 g/mol. The van der Waals surface area contributed by atoms with Gasteiger partial charge in [0.25, 0.3) is 0 Å². The summed E-state index contributed by atoms with van der Waals surface area (Å²) >= 11 is 0. The minimum atomic E-state index is -0.690. The number of hydrogen-bond donors (Lipinski definition) is 1. The van der Waals surface area contributed by atoms with Crippen LogP contribution in [0.1, 0.15) is 52.9 Å². The van der Waals surface area contributed by atoms with E-state index in [0.29, 0.717) is 23.7 Å². The van der Waals surface area contributed by atoms with Crippen LogP contribution in [0.5, 0.6) is 0 Å². The first-order chi connectivity index (χ1) is 13.5. The Morgan fingerprint density at radius 2 is 1.86 bits per heavy atom. The summed E-state index contributed by atoms with van der Waals surface area (Å²) in [6, 6.07) is 10.4. The molecule has 5 heteroatoms. The number of hydrogen-bond acceptors (Lipinski definition) is 5. The molecule has 1 aliphatic carbocycles. The molecule has 5 nitrogen and oxygen atoms in total. The van der Waals surface area contributed by atoms with E-state index in [9.17, 15) is 0 Å². The van der Waals surface area contributed by atoms with Crippen LogP contribution in [0.15, 0.2) is 30.3 Å². The molecule has 1 aromatic rings. The summed E-state index contributed by atoms with van der Waals surface area (Å²) < 4.78 is 13.1. The molecule has 0 aromatic heterocycles. The minimum absolute atomic E-state index is 0.164. The van der Waals surface area contributed by atoms with E-state index in [0.717, 1.165) is 37.9 Å². The Hall–Kier alpha value is -1.14. The molecule has 8 atom stereocenters. The lowest BCUT2D eigenvalue weighted by Crippen LogP contribution is -2.70. The summed E-state index contributed by atoms with van der Waals surface area (Å²) in [5.74, 6) is 1.19.